The Hall–Kier alpha value is -1.99. The molecule has 1 amide bonds. The molecule has 0 N–H and O–H groups in total. The van der Waals surface area contributed by atoms with Crippen LogP contribution in [0.2, 0.25) is 0 Å². The van der Waals surface area contributed by atoms with Crippen LogP contribution < -0.4 is 5.01 Å². The maximum Gasteiger partial charge on any atom is 0.431 e. The van der Waals surface area contributed by atoms with E-state index in [4.69, 9.17) is 0 Å². The van der Waals surface area contributed by atoms with Crippen molar-refractivity contribution in [1.82, 2.24) is 10.2 Å². The van der Waals surface area contributed by atoms with Gasteiger partial charge in [0.15, 0.2) is 11.5 Å². The van der Waals surface area contributed by atoms with Crippen LogP contribution in [0.15, 0.2) is 17.2 Å². The summed E-state index contributed by atoms with van der Waals surface area (Å²) in [7, 11) is 0. The first-order valence-corrected chi connectivity index (χ1v) is 4.66. The van der Waals surface area contributed by atoms with E-state index in [0.717, 1.165) is 0 Å². The molecule has 0 bridgehead atoms. The Kier molecular flexibility index (Phi) is 2.56. The number of rotatable bonds is 1. The van der Waals surface area contributed by atoms with Crippen LogP contribution >= 0.6 is 0 Å². The number of halogens is 3. The van der Waals surface area contributed by atoms with Gasteiger partial charge in [0.2, 0.25) is 0 Å². The van der Waals surface area contributed by atoms with Gasteiger partial charge in [-0.2, -0.15) is 28.4 Å². The minimum atomic E-state index is -4.59. The highest BCUT2D eigenvalue weighted by Crippen LogP contribution is 2.26. The van der Waals surface area contributed by atoms with Crippen LogP contribution in [0.3, 0.4) is 0 Å². The van der Waals surface area contributed by atoms with Crippen LogP contribution in [0.5, 0.6) is 0 Å². The van der Waals surface area contributed by atoms with Crippen molar-refractivity contribution < 1.29 is 18.0 Å². The number of carbonyl (C=O) groups excluding carboxylic acids is 1. The standard InChI is InChI=1S/C9H7F3N4O/c1-5-2-3-7(14-13-5)16-8(17)4-6(15-16)9(10,11)12/h2-3H,4H2,1H3. The molecule has 8 heteroatoms. The second-order valence-corrected chi connectivity index (χ2v) is 3.46. The summed E-state index contributed by atoms with van der Waals surface area (Å²) in [5.41, 5.74) is -0.523. The van der Waals surface area contributed by atoms with Crippen molar-refractivity contribution in [2.75, 3.05) is 5.01 Å². The van der Waals surface area contributed by atoms with Gasteiger partial charge in [-0.3, -0.25) is 4.79 Å². The zero-order chi connectivity index (χ0) is 12.6. The molecule has 0 saturated heterocycles. The molecule has 90 valence electrons. The lowest BCUT2D eigenvalue weighted by Crippen LogP contribution is -2.22. The maximum atomic E-state index is 12.3. The first-order valence-electron chi connectivity index (χ1n) is 4.66. The van der Waals surface area contributed by atoms with Gasteiger partial charge >= 0.3 is 6.18 Å². The molecule has 2 heterocycles. The first kappa shape index (κ1) is 11.5. The highest BCUT2D eigenvalue weighted by atomic mass is 19.4. The van der Waals surface area contributed by atoms with Gasteiger partial charge in [0, 0.05) is 0 Å². The second kappa shape index (κ2) is 3.79. The van der Waals surface area contributed by atoms with E-state index in [1.165, 1.54) is 12.1 Å². The Bertz CT molecular complexity index is 480. The van der Waals surface area contributed by atoms with Crippen LogP contribution in [-0.4, -0.2) is 28.0 Å². The highest BCUT2D eigenvalue weighted by molar-refractivity contribution is 6.14. The SMILES string of the molecule is Cc1ccc(N2N=C(C(F)(F)F)CC2=O)nn1. The van der Waals surface area contributed by atoms with Crippen LogP contribution in [0.25, 0.3) is 0 Å². The molecule has 0 aliphatic carbocycles. The summed E-state index contributed by atoms with van der Waals surface area (Å²) < 4.78 is 37.0. The van der Waals surface area contributed by atoms with Crippen molar-refractivity contribution in [3.05, 3.63) is 17.8 Å². The molecule has 5 nitrogen and oxygen atoms in total. The summed E-state index contributed by atoms with van der Waals surface area (Å²) in [6, 6.07) is 2.93. The van der Waals surface area contributed by atoms with Gasteiger partial charge in [-0.1, -0.05) is 0 Å². The van der Waals surface area contributed by atoms with Gasteiger partial charge in [0.05, 0.1) is 12.1 Å². The fraction of sp³-hybridized carbons (Fsp3) is 0.333. The summed E-state index contributed by atoms with van der Waals surface area (Å²) in [6.45, 7) is 1.67. The van der Waals surface area contributed by atoms with E-state index in [1.54, 1.807) is 6.92 Å². The molecule has 0 spiro atoms. The Morgan fingerprint density at radius 1 is 1.29 bits per heavy atom. The van der Waals surface area contributed by atoms with Crippen LogP contribution in [0.4, 0.5) is 19.0 Å². The Balaban J connectivity index is 2.31. The number of amides is 1. The quantitative estimate of drug-likeness (QED) is 0.751. The molecular formula is C9H7F3N4O. The van der Waals surface area contributed by atoms with Crippen molar-refractivity contribution in [2.24, 2.45) is 5.10 Å². The molecule has 17 heavy (non-hydrogen) atoms. The summed E-state index contributed by atoms with van der Waals surface area (Å²) in [5.74, 6) is -0.782. The third-order valence-corrected chi connectivity index (χ3v) is 2.10. The lowest BCUT2D eigenvalue weighted by molar-refractivity contribution is -0.117. The number of hydrogen-bond donors (Lipinski definition) is 0. The molecule has 1 aromatic rings. The summed E-state index contributed by atoms with van der Waals surface area (Å²) in [4.78, 5) is 11.4. The molecule has 1 aromatic heterocycles. The molecule has 0 aromatic carbocycles. The van der Waals surface area contributed by atoms with E-state index in [1.807, 2.05) is 0 Å². The Morgan fingerprint density at radius 2 is 2.00 bits per heavy atom. The average molecular weight is 244 g/mol. The summed E-state index contributed by atoms with van der Waals surface area (Å²) >= 11 is 0. The van der Waals surface area contributed by atoms with Crippen LogP contribution in [-0.2, 0) is 4.79 Å². The fourth-order valence-electron chi connectivity index (χ4n) is 1.27. The molecule has 2 rings (SSSR count). The van der Waals surface area contributed by atoms with Gasteiger partial charge in [0.1, 0.15) is 0 Å². The number of hydrogen-bond acceptors (Lipinski definition) is 4. The van der Waals surface area contributed by atoms with E-state index in [0.29, 0.717) is 10.7 Å². The van der Waals surface area contributed by atoms with Crippen molar-refractivity contribution in [3.63, 3.8) is 0 Å². The molecule has 1 aliphatic heterocycles. The predicted molar refractivity (Wildman–Crippen MR) is 52.4 cm³/mol. The minimum absolute atomic E-state index is 0.0140. The number of nitrogens with zero attached hydrogens (tertiary/aromatic N) is 4. The topological polar surface area (TPSA) is 58.5 Å². The van der Waals surface area contributed by atoms with Gasteiger partial charge in [-0.05, 0) is 19.1 Å². The fourth-order valence-corrected chi connectivity index (χ4v) is 1.27. The van der Waals surface area contributed by atoms with E-state index < -0.39 is 24.2 Å². The highest BCUT2D eigenvalue weighted by Gasteiger charge is 2.43. The predicted octanol–water partition coefficient (Wildman–Crippen LogP) is 1.44. The molecule has 0 fully saturated rings. The smallest absolute Gasteiger partial charge is 0.272 e. The third kappa shape index (κ3) is 2.24. The molecule has 0 saturated carbocycles. The number of anilines is 1. The van der Waals surface area contributed by atoms with Gasteiger partial charge in [-0.25, -0.2) is 0 Å². The van der Waals surface area contributed by atoms with Crippen molar-refractivity contribution >= 4 is 17.4 Å². The summed E-state index contributed by atoms with van der Waals surface area (Å²) in [5, 5.41) is 11.1. The zero-order valence-corrected chi connectivity index (χ0v) is 8.69. The molecule has 0 radical (unpaired) electrons. The van der Waals surface area contributed by atoms with Gasteiger partial charge in [-0.15, -0.1) is 5.10 Å². The third-order valence-electron chi connectivity index (χ3n) is 2.10. The van der Waals surface area contributed by atoms with Crippen molar-refractivity contribution in [2.45, 2.75) is 19.5 Å². The number of carbonyl (C=O) groups is 1. The number of aryl methyl sites for hydroxylation is 1. The first-order chi connectivity index (χ1) is 7.88. The number of aromatic nitrogens is 2. The number of alkyl halides is 3. The number of hydrazone groups is 1. The average Bonchev–Trinajstić information content (AvgIpc) is 2.61. The molecule has 0 atom stereocenters. The monoisotopic (exact) mass is 244 g/mol. The van der Waals surface area contributed by atoms with E-state index in [2.05, 4.69) is 15.3 Å². The van der Waals surface area contributed by atoms with Crippen LogP contribution in [0.1, 0.15) is 12.1 Å². The summed E-state index contributed by atoms with van der Waals surface area (Å²) in [6.07, 6.45) is -5.36. The molecule has 0 unspecified atom stereocenters. The second-order valence-electron chi connectivity index (χ2n) is 3.46. The van der Waals surface area contributed by atoms with Crippen molar-refractivity contribution in [1.29, 1.82) is 0 Å². The van der Waals surface area contributed by atoms with Gasteiger partial charge in [0.25, 0.3) is 5.91 Å². The van der Waals surface area contributed by atoms with E-state index >= 15 is 0 Å². The normalized spacial score (nSPS) is 16.4. The van der Waals surface area contributed by atoms with Crippen LogP contribution in [0, 0.1) is 6.92 Å². The lowest BCUT2D eigenvalue weighted by atomic mass is 10.2. The molecular weight excluding hydrogens is 237 g/mol. The maximum absolute atomic E-state index is 12.3. The Labute approximate surface area is 93.9 Å². The van der Waals surface area contributed by atoms with E-state index in [-0.39, 0.29) is 5.82 Å². The van der Waals surface area contributed by atoms with E-state index in [9.17, 15) is 18.0 Å². The van der Waals surface area contributed by atoms with Crippen molar-refractivity contribution in [3.8, 4) is 0 Å². The zero-order valence-electron chi connectivity index (χ0n) is 8.69. The molecule has 1 aliphatic rings. The largest absolute Gasteiger partial charge is 0.431 e. The lowest BCUT2D eigenvalue weighted by Gasteiger charge is -2.08. The Morgan fingerprint density at radius 3 is 2.47 bits per heavy atom. The minimum Gasteiger partial charge on any atom is -0.272 e. The van der Waals surface area contributed by atoms with Gasteiger partial charge < -0.3 is 0 Å².